The third-order valence-electron chi connectivity index (χ3n) is 4.61. The molecule has 7 heteroatoms. The first kappa shape index (κ1) is 19.8. The number of hydrogen-bond acceptors (Lipinski definition) is 4. The van der Waals surface area contributed by atoms with Crippen LogP contribution in [0.2, 0.25) is 0 Å². The lowest BCUT2D eigenvalue weighted by Crippen LogP contribution is -2.40. The summed E-state index contributed by atoms with van der Waals surface area (Å²) in [5, 5.41) is 12.2. The molecule has 0 atom stereocenters. The van der Waals surface area contributed by atoms with Gasteiger partial charge in [-0.15, -0.1) is 0 Å². The van der Waals surface area contributed by atoms with Crippen LogP contribution in [-0.4, -0.2) is 47.6 Å². The Bertz CT molecular complexity index is 817. The van der Waals surface area contributed by atoms with Gasteiger partial charge in [0.15, 0.2) is 18.2 Å². The van der Waals surface area contributed by atoms with E-state index < -0.39 is 11.7 Å². The molecule has 2 aromatic carbocycles. The van der Waals surface area contributed by atoms with E-state index in [2.05, 4.69) is 5.32 Å². The van der Waals surface area contributed by atoms with Gasteiger partial charge >= 0.3 is 0 Å². The molecule has 1 fully saturated rings. The van der Waals surface area contributed by atoms with Crippen LogP contribution in [0.25, 0.3) is 0 Å². The van der Waals surface area contributed by atoms with Crippen molar-refractivity contribution in [1.82, 2.24) is 4.90 Å². The molecule has 28 heavy (non-hydrogen) atoms. The summed E-state index contributed by atoms with van der Waals surface area (Å²) in [4.78, 5) is 26.0. The van der Waals surface area contributed by atoms with Gasteiger partial charge in [0.1, 0.15) is 0 Å². The Balaban J connectivity index is 1.46. The monoisotopic (exact) mass is 386 g/mol. The second-order valence-electron chi connectivity index (χ2n) is 6.75. The number of amides is 2. The number of benzene rings is 2. The highest BCUT2D eigenvalue weighted by molar-refractivity contribution is 5.92. The molecule has 0 aromatic heterocycles. The first-order valence-corrected chi connectivity index (χ1v) is 9.23. The third kappa shape index (κ3) is 5.53. The van der Waals surface area contributed by atoms with E-state index in [1.165, 1.54) is 12.1 Å². The zero-order chi connectivity index (χ0) is 19.9. The highest BCUT2D eigenvalue weighted by Crippen LogP contribution is 2.16. The maximum Gasteiger partial charge on any atom is 0.262 e. The van der Waals surface area contributed by atoms with Crippen LogP contribution < -0.4 is 10.1 Å². The van der Waals surface area contributed by atoms with Gasteiger partial charge in [0.25, 0.3) is 5.91 Å². The molecule has 148 valence electrons. The summed E-state index contributed by atoms with van der Waals surface area (Å²) in [7, 11) is 0. The Morgan fingerprint density at radius 3 is 2.46 bits per heavy atom. The van der Waals surface area contributed by atoms with Gasteiger partial charge in [-0.2, -0.15) is 0 Å². The fraction of sp³-hybridized carbons (Fsp3) is 0.333. The predicted molar refractivity (Wildman–Crippen MR) is 102 cm³/mol. The number of para-hydroxylation sites is 1. The molecular weight excluding hydrogens is 363 g/mol. The van der Waals surface area contributed by atoms with Crippen molar-refractivity contribution in [2.75, 3.05) is 25.0 Å². The number of halogens is 1. The van der Waals surface area contributed by atoms with Gasteiger partial charge in [0.2, 0.25) is 5.91 Å². The Hall–Kier alpha value is -2.93. The van der Waals surface area contributed by atoms with Crippen LogP contribution >= 0.6 is 0 Å². The van der Waals surface area contributed by atoms with Crippen molar-refractivity contribution >= 4 is 17.5 Å². The Morgan fingerprint density at radius 1 is 1.11 bits per heavy atom. The first-order chi connectivity index (χ1) is 13.5. The number of rotatable bonds is 6. The average molecular weight is 386 g/mol. The molecule has 1 heterocycles. The minimum atomic E-state index is -0.521. The molecule has 2 aromatic rings. The summed E-state index contributed by atoms with van der Waals surface area (Å²) in [5.74, 6) is -0.870. The molecule has 0 bridgehead atoms. The maximum absolute atomic E-state index is 13.5. The van der Waals surface area contributed by atoms with Crippen molar-refractivity contribution in [3.05, 3.63) is 59.9 Å². The van der Waals surface area contributed by atoms with Crippen molar-refractivity contribution in [2.45, 2.75) is 25.4 Å². The third-order valence-corrected chi connectivity index (χ3v) is 4.61. The van der Waals surface area contributed by atoms with Crippen LogP contribution in [0.5, 0.6) is 5.75 Å². The lowest BCUT2D eigenvalue weighted by molar-refractivity contribution is -0.132. The minimum Gasteiger partial charge on any atom is -0.481 e. The van der Waals surface area contributed by atoms with Crippen LogP contribution in [0.4, 0.5) is 10.1 Å². The molecule has 1 aliphatic heterocycles. The van der Waals surface area contributed by atoms with E-state index in [-0.39, 0.29) is 30.8 Å². The standard InChI is InChI=1S/C21H23FN2O4/c22-18-3-1-2-4-19(18)28-14-20(26)23-16-7-5-15(6-8-16)13-21(27)24-11-9-17(25)10-12-24/h1-8,17,25H,9-14H2,(H,23,26). The number of nitrogens with one attached hydrogen (secondary N) is 1. The molecule has 0 radical (unpaired) electrons. The number of carbonyl (C=O) groups excluding carboxylic acids is 2. The SMILES string of the molecule is O=C(COc1ccccc1F)Nc1ccc(CC(=O)N2CCC(O)CC2)cc1. The van der Waals surface area contributed by atoms with Crippen molar-refractivity contribution in [2.24, 2.45) is 0 Å². The van der Waals surface area contributed by atoms with E-state index in [1.807, 2.05) is 0 Å². The number of ether oxygens (including phenoxy) is 1. The Kier molecular flexibility index (Phi) is 6.60. The number of piperidine rings is 1. The number of anilines is 1. The Morgan fingerprint density at radius 2 is 1.79 bits per heavy atom. The fourth-order valence-corrected chi connectivity index (χ4v) is 3.01. The highest BCUT2D eigenvalue weighted by Gasteiger charge is 2.21. The molecule has 0 spiro atoms. The largest absolute Gasteiger partial charge is 0.481 e. The molecule has 6 nitrogen and oxygen atoms in total. The zero-order valence-electron chi connectivity index (χ0n) is 15.4. The molecular formula is C21H23FN2O4. The van der Waals surface area contributed by atoms with Gasteiger partial charge in [-0.25, -0.2) is 4.39 Å². The van der Waals surface area contributed by atoms with Gasteiger partial charge in [-0.1, -0.05) is 24.3 Å². The van der Waals surface area contributed by atoms with Crippen molar-refractivity contribution < 1.29 is 23.8 Å². The van der Waals surface area contributed by atoms with Gasteiger partial charge in [0.05, 0.1) is 12.5 Å². The topological polar surface area (TPSA) is 78.9 Å². The van der Waals surface area contributed by atoms with Crippen molar-refractivity contribution in [3.63, 3.8) is 0 Å². The van der Waals surface area contributed by atoms with E-state index in [0.717, 1.165) is 5.56 Å². The molecule has 1 saturated heterocycles. The van der Waals surface area contributed by atoms with Crippen LogP contribution in [0.15, 0.2) is 48.5 Å². The minimum absolute atomic E-state index is 0.0248. The lowest BCUT2D eigenvalue weighted by Gasteiger charge is -2.29. The van der Waals surface area contributed by atoms with E-state index in [0.29, 0.717) is 31.6 Å². The summed E-state index contributed by atoms with van der Waals surface area (Å²) in [6.45, 7) is 0.855. The number of nitrogens with zero attached hydrogens (tertiary/aromatic N) is 1. The molecule has 0 aliphatic carbocycles. The summed E-state index contributed by atoms with van der Waals surface area (Å²) in [5.41, 5.74) is 1.41. The number of carbonyl (C=O) groups is 2. The maximum atomic E-state index is 13.5. The normalized spacial score (nSPS) is 14.6. The molecule has 2 N–H and O–H groups in total. The van der Waals surface area contributed by atoms with E-state index in [4.69, 9.17) is 4.74 Å². The summed E-state index contributed by atoms with van der Waals surface area (Å²) < 4.78 is 18.6. The molecule has 0 saturated carbocycles. The van der Waals surface area contributed by atoms with Crippen LogP contribution in [0.1, 0.15) is 18.4 Å². The number of aliphatic hydroxyl groups is 1. The highest BCUT2D eigenvalue weighted by atomic mass is 19.1. The average Bonchev–Trinajstić information content (AvgIpc) is 2.69. The molecule has 1 aliphatic rings. The van der Waals surface area contributed by atoms with Gasteiger partial charge in [-0.3, -0.25) is 9.59 Å². The summed E-state index contributed by atoms with van der Waals surface area (Å²) in [6, 6.07) is 12.9. The van der Waals surface area contributed by atoms with Crippen molar-refractivity contribution in [1.29, 1.82) is 0 Å². The fourth-order valence-electron chi connectivity index (χ4n) is 3.01. The van der Waals surface area contributed by atoms with Crippen molar-refractivity contribution in [3.8, 4) is 5.75 Å². The van der Waals surface area contributed by atoms with Crippen LogP contribution in [-0.2, 0) is 16.0 Å². The second kappa shape index (κ2) is 9.32. The zero-order valence-corrected chi connectivity index (χ0v) is 15.4. The number of likely N-dealkylation sites (tertiary alicyclic amines) is 1. The molecule has 2 amide bonds. The van der Waals surface area contributed by atoms with E-state index in [9.17, 15) is 19.1 Å². The Labute approximate surface area is 162 Å². The smallest absolute Gasteiger partial charge is 0.262 e. The van der Waals surface area contributed by atoms with E-state index >= 15 is 0 Å². The van der Waals surface area contributed by atoms with Crippen LogP contribution in [0.3, 0.4) is 0 Å². The number of aliphatic hydroxyl groups excluding tert-OH is 1. The second-order valence-corrected chi connectivity index (χ2v) is 6.75. The van der Waals surface area contributed by atoms with Gasteiger partial charge in [0, 0.05) is 18.8 Å². The molecule has 3 rings (SSSR count). The van der Waals surface area contributed by atoms with Crippen LogP contribution in [0, 0.1) is 5.82 Å². The molecule has 0 unspecified atom stereocenters. The van der Waals surface area contributed by atoms with Gasteiger partial charge in [-0.05, 0) is 42.7 Å². The quantitative estimate of drug-likeness (QED) is 0.799. The van der Waals surface area contributed by atoms with Gasteiger partial charge < -0.3 is 20.1 Å². The summed E-state index contributed by atoms with van der Waals surface area (Å²) >= 11 is 0. The first-order valence-electron chi connectivity index (χ1n) is 9.23. The predicted octanol–water partition coefficient (Wildman–Crippen LogP) is 2.37. The summed E-state index contributed by atoms with van der Waals surface area (Å²) in [6.07, 6.45) is 1.20. The van der Waals surface area contributed by atoms with E-state index in [1.54, 1.807) is 41.3 Å². The number of hydrogen-bond donors (Lipinski definition) is 2. The lowest BCUT2D eigenvalue weighted by atomic mass is 10.1.